The van der Waals surface area contributed by atoms with Crippen molar-refractivity contribution in [2.45, 2.75) is 25.3 Å². The quantitative estimate of drug-likeness (QED) is 0.493. The van der Waals surface area contributed by atoms with Gasteiger partial charge in [0.25, 0.3) is 5.91 Å². The summed E-state index contributed by atoms with van der Waals surface area (Å²) in [5.41, 5.74) is 9.06. The molecule has 0 unspecified atom stereocenters. The number of carbonyl (C=O) groups excluding carboxylic acids is 2. The SMILES string of the molecule is COc1ccc(C(=O)NCCN2CC[C@@H]([C@@H](c3ccccc3)c3ccc(C(N)=O)cc3)[C@@H]2C)cc1. The van der Waals surface area contributed by atoms with Crippen molar-refractivity contribution in [2.75, 3.05) is 26.7 Å². The van der Waals surface area contributed by atoms with E-state index >= 15 is 0 Å². The smallest absolute Gasteiger partial charge is 0.251 e. The maximum absolute atomic E-state index is 12.5. The van der Waals surface area contributed by atoms with Gasteiger partial charge in [-0.05, 0) is 73.3 Å². The summed E-state index contributed by atoms with van der Waals surface area (Å²) in [4.78, 5) is 26.5. The Morgan fingerprint density at radius 1 is 0.971 bits per heavy atom. The summed E-state index contributed by atoms with van der Waals surface area (Å²) < 4.78 is 5.16. The van der Waals surface area contributed by atoms with Gasteiger partial charge in [0.05, 0.1) is 7.11 Å². The second-order valence-corrected chi connectivity index (χ2v) is 9.09. The van der Waals surface area contributed by atoms with Crippen LogP contribution in [-0.4, -0.2) is 49.5 Å². The number of nitrogens with zero attached hydrogens (tertiary/aromatic N) is 1. The van der Waals surface area contributed by atoms with Gasteiger partial charge in [-0.15, -0.1) is 0 Å². The Morgan fingerprint density at radius 2 is 1.60 bits per heavy atom. The topological polar surface area (TPSA) is 84.7 Å². The van der Waals surface area contributed by atoms with Crippen LogP contribution >= 0.6 is 0 Å². The zero-order chi connectivity index (χ0) is 24.8. The zero-order valence-electron chi connectivity index (χ0n) is 20.3. The number of benzene rings is 3. The lowest BCUT2D eigenvalue weighted by Crippen LogP contribution is -2.38. The predicted octanol–water partition coefficient (Wildman–Crippen LogP) is 4.07. The van der Waals surface area contributed by atoms with Gasteiger partial charge < -0.3 is 15.8 Å². The van der Waals surface area contributed by atoms with E-state index in [0.29, 0.717) is 29.6 Å². The number of hydrogen-bond acceptors (Lipinski definition) is 4. The van der Waals surface area contributed by atoms with E-state index in [9.17, 15) is 9.59 Å². The zero-order valence-corrected chi connectivity index (χ0v) is 20.3. The highest BCUT2D eigenvalue weighted by atomic mass is 16.5. The van der Waals surface area contributed by atoms with Crippen molar-refractivity contribution in [3.63, 3.8) is 0 Å². The molecule has 1 fully saturated rings. The third kappa shape index (κ3) is 5.72. The molecule has 1 aliphatic heterocycles. The first-order valence-corrected chi connectivity index (χ1v) is 12.1. The first kappa shape index (κ1) is 24.5. The molecule has 3 aromatic rings. The Morgan fingerprint density at radius 3 is 2.23 bits per heavy atom. The fourth-order valence-electron chi connectivity index (χ4n) is 5.15. The molecule has 1 heterocycles. The van der Waals surface area contributed by atoms with Crippen molar-refractivity contribution in [3.05, 3.63) is 101 Å². The lowest BCUT2D eigenvalue weighted by atomic mass is 9.77. The Bertz CT molecular complexity index is 1130. The summed E-state index contributed by atoms with van der Waals surface area (Å²) in [6.45, 7) is 4.64. The largest absolute Gasteiger partial charge is 0.497 e. The minimum absolute atomic E-state index is 0.0762. The van der Waals surface area contributed by atoms with Crippen molar-refractivity contribution >= 4 is 11.8 Å². The number of rotatable bonds is 9. The lowest BCUT2D eigenvalue weighted by molar-refractivity contribution is 0.0945. The van der Waals surface area contributed by atoms with E-state index in [1.165, 1.54) is 11.1 Å². The highest BCUT2D eigenvalue weighted by molar-refractivity contribution is 5.94. The van der Waals surface area contributed by atoms with Crippen LogP contribution in [0.1, 0.15) is 51.1 Å². The molecule has 3 atom stereocenters. The number of likely N-dealkylation sites (tertiary alicyclic amines) is 1. The van der Waals surface area contributed by atoms with Gasteiger partial charge >= 0.3 is 0 Å². The fourth-order valence-corrected chi connectivity index (χ4v) is 5.15. The monoisotopic (exact) mass is 471 g/mol. The standard InChI is InChI=1S/C29H33N3O3/c1-20-26(16-18-32(20)19-17-31-29(34)24-12-14-25(35-2)15-13-24)27(21-6-4-3-5-7-21)22-8-10-23(11-9-22)28(30)33/h3-15,20,26-27H,16-19H2,1-2H3,(H2,30,33)(H,31,34)/t20-,26+,27-/m0/s1. The van der Waals surface area contributed by atoms with E-state index in [4.69, 9.17) is 10.5 Å². The summed E-state index contributed by atoms with van der Waals surface area (Å²) in [7, 11) is 1.61. The van der Waals surface area contributed by atoms with Gasteiger partial charge in [-0.2, -0.15) is 0 Å². The molecule has 0 saturated carbocycles. The number of primary amides is 1. The molecule has 4 rings (SSSR count). The number of amides is 2. The third-order valence-electron chi connectivity index (χ3n) is 7.12. The van der Waals surface area contributed by atoms with Gasteiger partial charge in [-0.25, -0.2) is 0 Å². The van der Waals surface area contributed by atoms with Crippen LogP contribution in [0.15, 0.2) is 78.9 Å². The van der Waals surface area contributed by atoms with Gasteiger partial charge in [-0.3, -0.25) is 14.5 Å². The summed E-state index contributed by atoms with van der Waals surface area (Å²) in [6.07, 6.45) is 1.06. The Hall–Kier alpha value is -3.64. The Labute approximate surface area is 207 Å². The maximum atomic E-state index is 12.5. The van der Waals surface area contributed by atoms with Crippen molar-refractivity contribution in [1.82, 2.24) is 10.2 Å². The van der Waals surface area contributed by atoms with E-state index in [-0.39, 0.29) is 11.8 Å². The molecule has 0 spiro atoms. The maximum Gasteiger partial charge on any atom is 0.251 e. The number of nitrogens with one attached hydrogen (secondary N) is 1. The average molecular weight is 472 g/mol. The molecule has 1 aliphatic rings. The van der Waals surface area contributed by atoms with Crippen LogP contribution in [0, 0.1) is 5.92 Å². The first-order valence-electron chi connectivity index (χ1n) is 12.1. The molecule has 35 heavy (non-hydrogen) atoms. The number of nitrogens with two attached hydrogens (primary N) is 1. The number of ether oxygens (including phenoxy) is 1. The average Bonchev–Trinajstić information content (AvgIpc) is 3.25. The minimum Gasteiger partial charge on any atom is -0.497 e. The molecule has 3 N–H and O–H groups in total. The molecule has 182 valence electrons. The summed E-state index contributed by atoms with van der Waals surface area (Å²) in [5, 5.41) is 3.04. The van der Waals surface area contributed by atoms with Crippen LogP contribution in [0.25, 0.3) is 0 Å². The number of methoxy groups -OCH3 is 1. The van der Waals surface area contributed by atoms with Gasteiger partial charge in [0.15, 0.2) is 0 Å². The summed E-state index contributed by atoms with van der Waals surface area (Å²) >= 11 is 0. The van der Waals surface area contributed by atoms with Gasteiger partial charge in [0.1, 0.15) is 5.75 Å². The van der Waals surface area contributed by atoms with Crippen LogP contribution in [-0.2, 0) is 0 Å². The molecule has 3 aromatic carbocycles. The predicted molar refractivity (Wildman–Crippen MR) is 138 cm³/mol. The minimum atomic E-state index is -0.412. The number of carbonyl (C=O) groups is 2. The molecule has 1 saturated heterocycles. The van der Waals surface area contributed by atoms with Crippen LogP contribution < -0.4 is 15.8 Å². The van der Waals surface area contributed by atoms with Crippen molar-refractivity contribution in [3.8, 4) is 5.75 Å². The van der Waals surface area contributed by atoms with E-state index in [1.54, 1.807) is 31.4 Å². The van der Waals surface area contributed by atoms with Crippen molar-refractivity contribution in [2.24, 2.45) is 11.7 Å². The molecule has 0 aliphatic carbocycles. The van der Waals surface area contributed by atoms with Crippen LogP contribution in [0.2, 0.25) is 0 Å². The van der Waals surface area contributed by atoms with Crippen molar-refractivity contribution in [1.29, 1.82) is 0 Å². The van der Waals surface area contributed by atoms with Gasteiger partial charge in [0, 0.05) is 36.2 Å². The van der Waals surface area contributed by atoms with Gasteiger partial charge in [0.2, 0.25) is 5.91 Å². The lowest BCUT2D eigenvalue weighted by Gasteiger charge is -2.31. The van der Waals surface area contributed by atoms with Crippen molar-refractivity contribution < 1.29 is 14.3 Å². The fraction of sp³-hybridized carbons (Fsp3) is 0.310. The van der Waals surface area contributed by atoms with E-state index in [2.05, 4.69) is 41.4 Å². The second-order valence-electron chi connectivity index (χ2n) is 9.09. The second kappa shape index (κ2) is 11.2. The van der Waals surface area contributed by atoms with E-state index in [1.807, 2.05) is 30.3 Å². The molecule has 0 radical (unpaired) electrons. The van der Waals surface area contributed by atoms with Crippen LogP contribution in [0.4, 0.5) is 0 Å². The van der Waals surface area contributed by atoms with E-state index < -0.39 is 5.91 Å². The Kier molecular flexibility index (Phi) is 7.83. The third-order valence-corrected chi connectivity index (χ3v) is 7.12. The summed E-state index contributed by atoms with van der Waals surface area (Å²) in [5.74, 6) is 0.870. The first-order chi connectivity index (χ1) is 17.0. The molecular weight excluding hydrogens is 438 g/mol. The molecule has 6 heteroatoms. The Balaban J connectivity index is 1.42. The summed E-state index contributed by atoms with van der Waals surface area (Å²) in [6, 6.07) is 25.7. The molecular formula is C29H33N3O3. The van der Waals surface area contributed by atoms with E-state index in [0.717, 1.165) is 25.3 Å². The molecule has 0 aromatic heterocycles. The molecule has 0 bridgehead atoms. The van der Waals surface area contributed by atoms with Crippen LogP contribution in [0.3, 0.4) is 0 Å². The molecule has 6 nitrogen and oxygen atoms in total. The van der Waals surface area contributed by atoms with Gasteiger partial charge in [-0.1, -0.05) is 42.5 Å². The molecule has 2 amide bonds. The number of hydrogen-bond donors (Lipinski definition) is 2. The normalized spacial score (nSPS) is 18.7. The highest BCUT2D eigenvalue weighted by Gasteiger charge is 2.37. The highest BCUT2D eigenvalue weighted by Crippen LogP contribution is 2.40. The van der Waals surface area contributed by atoms with Crippen LogP contribution in [0.5, 0.6) is 5.75 Å².